The lowest BCUT2D eigenvalue weighted by Crippen LogP contribution is -2.43. The van der Waals surface area contributed by atoms with Crippen LogP contribution in [0, 0.1) is 21.4 Å². The Morgan fingerprint density at radius 3 is 2.43 bits per heavy atom. The van der Waals surface area contributed by atoms with E-state index in [-0.39, 0.29) is 29.8 Å². The first-order chi connectivity index (χ1) is 17.4. The quantitative estimate of drug-likeness (QED) is 0.225. The molecule has 0 unspecified atom stereocenters. The summed E-state index contributed by atoms with van der Waals surface area (Å²) in [5.74, 6) is -2.00. The number of nitro benzene ring substituents is 1. The number of fused-ring (bicyclic) bond motifs is 1. The average Bonchev–Trinajstić information content (AvgIpc) is 3.04. The van der Waals surface area contributed by atoms with Crippen LogP contribution in [0.4, 0.5) is 11.4 Å². The van der Waals surface area contributed by atoms with E-state index in [2.05, 4.69) is 0 Å². The van der Waals surface area contributed by atoms with Crippen molar-refractivity contribution < 1.29 is 24.4 Å². The summed E-state index contributed by atoms with van der Waals surface area (Å²) >= 11 is 0. The number of carboxylic acids is 1. The SMILES string of the molecule is CCCCN1C(=O)C(C#N)=C(C)/C(=C/C=C2/N(CCCC(=O)O)c3ccc([N+](=O)[O-])cc3C2(C)C)C1=O. The molecule has 3 rings (SSSR count). The fourth-order valence-corrected chi connectivity index (χ4v) is 4.74. The number of non-ortho nitro benzene ring substituents is 1. The number of unbranched alkanes of at least 4 members (excludes halogenated alkanes) is 1. The number of aliphatic carboxylic acids is 1. The lowest BCUT2D eigenvalue weighted by molar-refractivity contribution is -0.384. The molecule has 0 spiro atoms. The van der Waals surface area contributed by atoms with Gasteiger partial charge in [0.1, 0.15) is 11.6 Å². The van der Waals surface area contributed by atoms with Gasteiger partial charge in [-0.25, -0.2) is 0 Å². The van der Waals surface area contributed by atoms with Crippen LogP contribution in [0.2, 0.25) is 0 Å². The van der Waals surface area contributed by atoms with Gasteiger partial charge in [-0.3, -0.25) is 29.4 Å². The number of nitro groups is 1. The van der Waals surface area contributed by atoms with Gasteiger partial charge in [-0.05, 0) is 49.1 Å². The molecule has 0 saturated heterocycles. The largest absolute Gasteiger partial charge is 0.481 e. The van der Waals surface area contributed by atoms with Gasteiger partial charge in [0.25, 0.3) is 17.5 Å². The van der Waals surface area contributed by atoms with Crippen molar-refractivity contribution in [2.24, 2.45) is 0 Å². The molecule has 10 heteroatoms. The highest BCUT2D eigenvalue weighted by Gasteiger charge is 2.41. The normalized spacial score (nSPS) is 19.0. The molecule has 1 aromatic rings. The highest BCUT2D eigenvalue weighted by atomic mass is 16.6. The van der Waals surface area contributed by atoms with Crippen molar-refractivity contribution in [3.8, 4) is 6.07 Å². The number of hydrogen-bond donors (Lipinski definition) is 1. The minimum atomic E-state index is -0.926. The second kappa shape index (κ2) is 10.8. The number of carbonyl (C=O) groups is 3. The van der Waals surface area contributed by atoms with E-state index in [0.29, 0.717) is 30.5 Å². The van der Waals surface area contributed by atoms with Gasteiger partial charge >= 0.3 is 5.97 Å². The summed E-state index contributed by atoms with van der Waals surface area (Å²) in [7, 11) is 0. The second-order valence-corrected chi connectivity index (χ2v) is 9.59. The average molecular weight is 507 g/mol. The summed E-state index contributed by atoms with van der Waals surface area (Å²) in [6.07, 6.45) is 4.99. The summed E-state index contributed by atoms with van der Waals surface area (Å²) in [6, 6.07) is 6.51. The molecule has 1 N–H and O–H groups in total. The molecule has 2 amide bonds. The molecule has 2 heterocycles. The van der Waals surface area contributed by atoms with E-state index in [1.807, 2.05) is 31.7 Å². The molecular weight excluding hydrogens is 476 g/mol. The molecular formula is C27H30N4O6. The molecule has 0 saturated carbocycles. The minimum Gasteiger partial charge on any atom is -0.481 e. The molecule has 1 aromatic carbocycles. The Hall–Kier alpha value is -4.26. The van der Waals surface area contributed by atoms with Crippen LogP contribution < -0.4 is 4.90 Å². The third kappa shape index (κ3) is 5.16. The van der Waals surface area contributed by atoms with Crippen LogP contribution in [0.1, 0.15) is 58.9 Å². The van der Waals surface area contributed by atoms with E-state index in [4.69, 9.17) is 5.11 Å². The van der Waals surface area contributed by atoms with E-state index in [0.717, 1.165) is 22.7 Å². The fourth-order valence-electron chi connectivity index (χ4n) is 4.74. The summed E-state index contributed by atoms with van der Waals surface area (Å²) in [5, 5.41) is 30.1. The number of rotatable bonds is 9. The van der Waals surface area contributed by atoms with Crippen LogP contribution >= 0.6 is 0 Å². The molecule has 0 fully saturated rings. The maximum atomic E-state index is 13.3. The molecule has 0 aromatic heterocycles. The number of allylic oxidation sites excluding steroid dienone is 3. The van der Waals surface area contributed by atoms with Gasteiger partial charge in [0.2, 0.25) is 0 Å². The molecule has 0 aliphatic carbocycles. The van der Waals surface area contributed by atoms with Gasteiger partial charge in [0.05, 0.1) is 4.92 Å². The topological polar surface area (TPSA) is 145 Å². The first-order valence-electron chi connectivity index (χ1n) is 12.1. The molecule has 0 bridgehead atoms. The van der Waals surface area contributed by atoms with Gasteiger partial charge < -0.3 is 10.0 Å². The van der Waals surface area contributed by atoms with E-state index in [1.165, 1.54) is 12.1 Å². The van der Waals surface area contributed by atoms with Crippen LogP contribution in [-0.4, -0.2) is 45.8 Å². The lowest BCUT2D eigenvalue weighted by atomic mass is 9.83. The van der Waals surface area contributed by atoms with Crippen LogP contribution in [0.5, 0.6) is 0 Å². The number of nitriles is 1. The van der Waals surface area contributed by atoms with Gasteiger partial charge in [-0.2, -0.15) is 5.26 Å². The number of nitrogens with zero attached hydrogens (tertiary/aromatic N) is 4. The van der Waals surface area contributed by atoms with Gasteiger partial charge in [0.15, 0.2) is 0 Å². The van der Waals surface area contributed by atoms with Crippen molar-refractivity contribution in [2.75, 3.05) is 18.0 Å². The number of benzene rings is 1. The lowest BCUT2D eigenvalue weighted by Gasteiger charge is -2.28. The Kier molecular flexibility index (Phi) is 7.96. The number of imide groups is 1. The number of carboxylic acid groups (broad SMARTS) is 1. The van der Waals surface area contributed by atoms with Crippen molar-refractivity contribution in [1.82, 2.24) is 4.90 Å². The molecule has 2 aliphatic rings. The maximum absolute atomic E-state index is 13.3. The van der Waals surface area contributed by atoms with Crippen molar-refractivity contribution in [2.45, 2.75) is 58.8 Å². The Labute approximate surface area is 215 Å². The Balaban J connectivity index is 2.13. The van der Waals surface area contributed by atoms with Crippen LogP contribution in [0.15, 0.2) is 52.8 Å². The highest BCUT2D eigenvalue weighted by Crippen LogP contribution is 2.49. The minimum absolute atomic E-state index is 0.0476. The van der Waals surface area contributed by atoms with Crippen LogP contribution in [0.25, 0.3) is 0 Å². The number of hydrogen-bond acceptors (Lipinski definition) is 7. The third-order valence-corrected chi connectivity index (χ3v) is 6.83. The molecule has 10 nitrogen and oxygen atoms in total. The number of carbonyl (C=O) groups excluding carboxylic acids is 2. The zero-order valence-electron chi connectivity index (χ0n) is 21.4. The van der Waals surface area contributed by atoms with E-state index in [9.17, 15) is 29.8 Å². The first-order valence-corrected chi connectivity index (χ1v) is 12.1. The third-order valence-electron chi connectivity index (χ3n) is 6.83. The van der Waals surface area contributed by atoms with E-state index >= 15 is 0 Å². The maximum Gasteiger partial charge on any atom is 0.303 e. The Bertz CT molecular complexity index is 1300. The summed E-state index contributed by atoms with van der Waals surface area (Å²) in [6.45, 7) is 7.87. The van der Waals surface area contributed by atoms with E-state index in [1.54, 1.807) is 25.1 Å². The zero-order chi connectivity index (χ0) is 27.5. The molecule has 37 heavy (non-hydrogen) atoms. The molecule has 0 atom stereocenters. The highest BCUT2D eigenvalue weighted by molar-refractivity contribution is 6.18. The van der Waals surface area contributed by atoms with Crippen LogP contribution in [-0.2, 0) is 19.8 Å². The summed E-state index contributed by atoms with van der Waals surface area (Å²) in [4.78, 5) is 51.1. The van der Waals surface area contributed by atoms with Gasteiger partial charge in [0, 0.05) is 54.0 Å². The predicted molar refractivity (Wildman–Crippen MR) is 136 cm³/mol. The van der Waals surface area contributed by atoms with Crippen molar-refractivity contribution in [3.63, 3.8) is 0 Å². The predicted octanol–water partition coefficient (Wildman–Crippen LogP) is 4.38. The zero-order valence-corrected chi connectivity index (χ0v) is 21.4. The van der Waals surface area contributed by atoms with Crippen molar-refractivity contribution in [3.05, 3.63) is 68.4 Å². The van der Waals surface area contributed by atoms with Crippen molar-refractivity contribution >= 4 is 29.2 Å². The number of anilines is 1. The van der Waals surface area contributed by atoms with Crippen LogP contribution in [0.3, 0.4) is 0 Å². The molecule has 194 valence electrons. The molecule has 0 radical (unpaired) electrons. The fraction of sp³-hybridized carbons (Fsp3) is 0.407. The standard InChI is InChI=1S/C27H30N4O6/c1-5-6-13-30-25(34)19(17(2)20(16-28)26(30)35)10-12-23-27(3,4)21-15-18(31(36)37)9-11-22(21)29(23)14-7-8-24(32)33/h9-12,15H,5-8,13-14H2,1-4H3,(H,32,33)/b19-10-,23-12+. The van der Waals surface area contributed by atoms with Gasteiger partial charge in [-0.15, -0.1) is 0 Å². The Morgan fingerprint density at radius 2 is 1.84 bits per heavy atom. The van der Waals surface area contributed by atoms with Crippen molar-refractivity contribution in [1.29, 1.82) is 5.26 Å². The monoisotopic (exact) mass is 506 g/mol. The second-order valence-electron chi connectivity index (χ2n) is 9.59. The van der Waals surface area contributed by atoms with E-state index < -0.39 is 28.1 Å². The smallest absolute Gasteiger partial charge is 0.303 e. The molecule has 2 aliphatic heterocycles. The summed E-state index contributed by atoms with van der Waals surface area (Å²) in [5.41, 5.74) is 1.84. The van der Waals surface area contributed by atoms with Gasteiger partial charge in [-0.1, -0.05) is 27.2 Å². The summed E-state index contributed by atoms with van der Waals surface area (Å²) < 4.78 is 0. The number of amides is 2. The first kappa shape index (κ1) is 27.3. The Morgan fingerprint density at radius 1 is 1.16 bits per heavy atom.